The SMILES string of the molecule is CC1CN(Cc2ccc(C(=O)N3CCCN(c4ccc(F)cc4)CC3)cc2)CC(C)O1. The van der Waals surface area contributed by atoms with Crippen LogP contribution in [0.15, 0.2) is 48.5 Å². The molecule has 1 amide bonds. The van der Waals surface area contributed by atoms with Gasteiger partial charge in [-0.25, -0.2) is 4.39 Å². The second kappa shape index (κ2) is 9.79. The second-order valence-electron chi connectivity index (χ2n) is 8.76. The highest BCUT2D eigenvalue weighted by Gasteiger charge is 2.23. The first-order valence-corrected chi connectivity index (χ1v) is 11.2. The molecule has 6 heteroatoms. The highest BCUT2D eigenvalue weighted by atomic mass is 19.1. The molecule has 2 fully saturated rings. The maximum absolute atomic E-state index is 13.2. The van der Waals surface area contributed by atoms with Gasteiger partial charge in [-0.1, -0.05) is 12.1 Å². The van der Waals surface area contributed by atoms with Gasteiger partial charge in [-0.2, -0.15) is 0 Å². The Morgan fingerprint density at radius 2 is 1.61 bits per heavy atom. The molecule has 2 aliphatic rings. The minimum absolute atomic E-state index is 0.0844. The molecule has 0 saturated carbocycles. The van der Waals surface area contributed by atoms with Gasteiger partial charge < -0.3 is 14.5 Å². The monoisotopic (exact) mass is 425 g/mol. The summed E-state index contributed by atoms with van der Waals surface area (Å²) >= 11 is 0. The van der Waals surface area contributed by atoms with E-state index in [1.54, 1.807) is 0 Å². The highest BCUT2D eigenvalue weighted by molar-refractivity contribution is 5.94. The van der Waals surface area contributed by atoms with Crippen molar-refractivity contribution in [2.75, 3.05) is 44.2 Å². The smallest absolute Gasteiger partial charge is 0.253 e. The standard InChI is InChI=1S/C25H32FN3O2/c1-19-16-27(17-20(2)31-19)18-21-4-6-22(7-5-21)25(30)29-13-3-12-28(14-15-29)24-10-8-23(26)9-11-24/h4-11,19-20H,3,12-18H2,1-2H3. The van der Waals surface area contributed by atoms with E-state index < -0.39 is 0 Å². The molecule has 0 N–H and O–H groups in total. The molecule has 4 rings (SSSR count). The fourth-order valence-electron chi connectivity index (χ4n) is 4.64. The Labute approximate surface area is 184 Å². The molecule has 0 aliphatic carbocycles. The average Bonchev–Trinajstić information content (AvgIpc) is 3.00. The van der Waals surface area contributed by atoms with Crippen molar-refractivity contribution in [2.24, 2.45) is 0 Å². The molecule has 2 aliphatic heterocycles. The van der Waals surface area contributed by atoms with Crippen molar-refractivity contribution < 1.29 is 13.9 Å². The van der Waals surface area contributed by atoms with Crippen molar-refractivity contribution >= 4 is 11.6 Å². The molecule has 5 nitrogen and oxygen atoms in total. The molecule has 0 spiro atoms. The minimum atomic E-state index is -0.225. The number of ether oxygens (including phenoxy) is 1. The maximum atomic E-state index is 13.2. The molecule has 0 radical (unpaired) electrons. The molecule has 2 atom stereocenters. The van der Waals surface area contributed by atoms with Gasteiger partial charge in [0.25, 0.3) is 5.91 Å². The first kappa shape index (κ1) is 21.8. The van der Waals surface area contributed by atoms with Crippen molar-refractivity contribution in [2.45, 2.75) is 39.0 Å². The van der Waals surface area contributed by atoms with Crippen molar-refractivity contribution in [3.63, 3.8) is 0 Å². The lowest BCUT2D eigenvalue weighted by Crippen LogP contribution is -2.44. The number of benzene rings is 2. The molecule has 0 aromatic heterocycles. The summed E-state index contributed by atoms with van der Waals surface area (Å²) in [7, 11) is 0. The van der Waals surface area contributed by atoms with E-state index in [4.69, 9.17) is 4.74 Å². The summed E-state index contributed by atoms with van der Waals surface area (Å²) in [6.07, 6.45) is 1.40. The van der Waals surface area contributed by atoms with Gasteiger partial charge >= 0.3 is 0 Å². The molecule has 2 unspecified atom stereocenters. The first-order valence-electron chi connectivity index (χ1n) is 11.2. The van der Waals surface area contributed by atoms with E-state index in [1.165, 1.54) is 17.7 Å². The van der Waals surface area contributed by atoms with Crippen LogP contribution in [0.2, 0.25) is 0 Å². The largest absolute Gasteiger partial charge is 0.373 e. The Bertz CT molecular complexity index is 861. The molecule has 2 heterocycles. The Kier molecular flexibility index (Phi) is 6.88. The number of carbonyl (C=O) groups excluding carboxylic acids is 1. The zero-order valence-corrected chi connectivity index (χ0v) is 18.5. The summed E-state index contributed by atoms with van der Waals surface area (Å²) in [6, 6.07) is 14.6. The lowest BCUT2D eigenvalue weighted by atomic mass is 10.1. The van der Waals surface area contributed by atoms with Gasteiger partial charge in [0.1, 0.15) is 5.82 Å². The van der Waals surface area contributed by atoms with E-state index in [1.807, 2.05) is 29.2 Å². The molecule has 166 valence electrons. The van der Waals surface area contributed by atoms with Gasteiger partial charge in [0.05, 0.1) is 12.2 Å². The van der Waals surface area contributed by atoms with Crippen LogP contribution in [0.25, 0.3) is 0 Å². The van der Waals surface area contributed by atoms with Crippen molar-refractivity contribution in [1.29, 1.82) is 0 Å². The number of morpholine rings is 1. The van der Waals surface area contributed by atoms with Crippen LogP contribution in [-0.4, -0.2) is 67.2 Å². The van der Waals surface area contributed by atoms with E-state index in [2.05, 4.69) is 35.8 Å². The third-order valence-corrected chi connectivity index (χ3v) is 6.08. The van der Waals surface area contributed by atoms with Crippen LogP contribution in [-0.2, 0) is 11.3 Å². The third kappa shape index (κ3) is 5.63. The molecule has 2 saturated heterocycles. The lowest BCUT2D eigenvalue weighted by molar-refractivity contribution is -0.0704. The van der Waals surface area contributed by atoms with E-state index >= 15 is 0 Å². The minimum Gasteiger partial charge on any atom is -0.373 e. The van der Waals surface area contributed by atoms with E-state index in [0.717, 1.165) is 56.9 Å². The van der Waals surface area contributed by atoms with Gasteiger partial charge in [-0.3, -0.25) is 9.69 Å². The zero-order valence-electron chi connectivity index (χ0n) is 18.5. The van der Waals surface area contributed by atoms with Crippen molar-refractivity contribution in [3.05, 3.63) is 65.5 Å². The van der Waals surface area contributed by atoms with E-state index in [-0.39, 0.29) is 23.9 Å². The van der Waals surface area contributed by atoms with Gasteiger partial charge in [-0.05, 0) is 62.2 Å². The van der Waals surface area contributed by atoms with Crippen LogP contribution >= 0.6 is 0 Å². The molecular formula is C25H32FN3O2. The van der Waals surface area contributed by atoms with Gasteiger partial charge in [-0.15, -0.1) is 0 Å². The third-order valence-electron chi connectivity index (χ3n) is 6.08. The normalized spacial score (nSPS) is 22.9. The predicted molar refractivity (Wildman–Crippen MR) is 121 cm³/mol. The zero-order chi connectivity index (χ0) is 21.8. The molecule has 31 heavy (non-hydrogen) atoms. The highest BCUT2D eigenvalue weighted by Crippen LogP contribution is 2.19. The number of amides is 1. The summed E-state index contributed by atoms with van der Waals surface area (Å²) in [5.41, 5.74) is 2.96. The average molecular weight is 426 g/mol. The van der Waals surface area contributed by atoms with Crippen molar-refractivity contribution in [3.8, 4) is 0 Å². The Balaban J connectivity index is 1.34. The van der Waals surface area contributed by atoms with Crippen LogP contribution in [0.4, 0.5) is 10.1 Å². The van der Waals surface area contributed by atoms with Crippen molar-refractivity contribution in [1.82, 2.24) is 9.80 Å². The number of hydrogen-bond acceptors (Lipinski definition) is 4. The number of nitrogens with zero attached hydrogens (tertiary/aromatic N) is 3. The van der Waals surface area contributed by atoms with E-state index in [0.29, 0.717) is 6.54 Å². The van der Waals surface area contributed by atoms with Crippen LogP contribution < -0.4 is 4.90 Å². The predicted octanol–water partition coefficient (Wildman–Crippen LogP) is 3.79. The first-order chi connectivity index (χ1) is 15.0. The summed E-state index contributed by atoms with van der Waals surface area (Å²) < 4.78 is 19.0. The van der Waals surface area contributed by atoms with Crippen LogP contribution in [0, 0.1) is 5.82 Å². The number of rotatable bonds is 4. The van der Waals surface area contributed by atoms with Gasteiger partial charge in [0.15, 0.2) is 0 Å². The fraction of sp³-hybridized carbons (Fsp3) is 0.480. The summed E-state index contributed by atoms with van der Waals surface area (Å²) in [4.78, 5) is 19.6. The lowest BCUT2D eigenvalue weighted by Gasteiger charge is -2.35. The van der Waals surface area contributed by atoms with Gasteiger partial charge in [0.2, 0.25) is 0 Å². The molecule has 2 aromatic rings. The quantitative estimate of drug-likeness (QED) is 0.747. The van der Waals surface area contributed by atoms with Crippen LogP contribution in [0.3, 0.4) is 0 Å². The fourth-order valence-corrected chi connectivity index (χ4v) is 4.64. The number of carbonyl (C=O) groups is 1. The summed E-state index contributed by atoms with van der Waals surface area (Å²) in [5.74, 6) is -0.141. The Hall–Kier alpha value is -2.44. The van der Waals surface area contributed by atoms with E-state index in [9.17, 15) is 9.18 Å². The number of halogens is 1. The Morgan fingerprint density at radius 1 is 0.935 bits per heavy atom. The second-order valence-corrected chi connectivity index (χ2v) is 8.76. The molecule has 0 bridgehead atoms. The summed E-state index contributed by atoms with van der Waals surface area (Å²) in [6.45, 7) is 10.00. The van der Waals surface area contributed by atoms with Crippen LogP contribution in [0.5, 0.6) is 0 Å². The maximum Gasteiger partial charge on any atom is 0.253 e. The topological polar surface area (TPSA) is 36.0 Å². The summed E-state index contributed by atoms with van der Waals surface area (Å²) in [5, 5.41) is 0. The number of hydrogen-bond donors (Lipinski definition) is 0. The molecular weight excluding hydrogens is 393 g/mol. The Morgan fingerprint density at radius 3 is 2.29 bits per heavy atom. The van der Waals surface area contributed by atoms with Crippen LogP contribution in [0.1, 0.15) is 36.2 Å². The molecule has 2 aromatic carbocycles. The number of anilines is 1. The van der Waals surface area contributed by atoms with Gasteiger partial charge in [0, 0.05) is 57.1 Å².